The van der Waals surface area contributed by atoms with Gasteiger partial charge in [0, 0.05) is 19.3 Å². The molecular formula is C16H16ClN5O7S. The van der Waals surface area contributed by atoms with Crippen LogP contribution in [0, 0.1) is 10.1 Å². The fourth-order valence-electron chi connectivity index (χ4n) is 2.14. The molecule has 1 aromatic carbocycles. The number of hydrogen-bond acceptors (Lipinski definition) is 9. The van der Waals surface area contributed by atoms with E-state index in [0.717, 1.165) is 12.1 Å². The van der Waals surface area contributed by atoms with Crippen LogP contribution in [-0.2, 0) is 24.3 Å². The molecule has 3 N–H and O–H groups in total. The van der Waals surface area contributed by atoms with Gasteiger partial charge in [-0.15, -0.1) is 0 Å². The lowest BCUT2D eigenvalue weighted by Crippen LogP contribution is -2.32. The van der Waals surface area contributed by atoms with Crippen LogP contribution in [0.25, 0.3) is 0 Å². The van der Waals surface area contributed by atoms with Crippen molar-refractivity contribution in [1.29, 1.82) is 0 Å². The highest BCUT2D eigenvalue weighted by atomic mass is 35.5. The maximum absolute atomic E-state index is 12.3. The lowest BCUT2D eigenvalue weighted by Gasteiger charge is -2.09. The van der Waals surface area contributed by atoms with Gasteiger partial charge in [0.2, 0.25) is 10.0 Å². The number of nitrogens with one attached hydrogen (secondary N) is 3. The minimum atomic E-state index is -4.24. The third kappa shape index (κ3) is 6.10. The van der Waals surface area contributed by atoms with Gasteiger partial charge in [0.25, 0.3) is 11.6 Å². The Bertz CT molecular complexity index is 1080. The molecule has 0 spiro atoms. The molecule has 1 aromatic heterocycles. The van der Waals surface area contributed by atoms with E-state index in [2.05, 4.69) is 20.4 Å². The minimum Gasteiger partial charge on any atom is -0.455 e. The Morgan fingerprint density at radius 3 is 2.63 bits per heavy atom. The third-order valence-electron chi connectivity index (χ3n) is 3.55. The Kier molecular flexibility index (Phi) is 7.63. The van der Waals surface area contributed by atoms with Crippen LogP contribution in [-0.4, -0.2) is 50.4 Å². The Morgan fingerprint density at radius 1 is 1.27 bits per heavy atom. The van der Waals surface area contributed by atoms with Crippen LogP contribution < -0.4 is 15.4 Å². The van der Waals surface area contributed by atoms with Crippen LogP contribution in [0.15, 0.2) is 41.4 Å². The van der Waals surface area contributed by atoms with Crippen molar-refractivity contribution >= 4 is 50.6 Å². The fourth-order valence-corrected chi connectivity index (χ4v) is 3.30. The molecule has 0 unspecified atom stereocenters. The molecule has 14 heteroatoms. The van der Waals surface area contributed by atoms with E-state index in [-0.39, 0.29) is 16.5 Å². The van der Waals surface area contributed by atoms with Crippen LogP contribution in [0.4, 0.5) is 17.1 Å². The van der Waals surface area contributed by atoms with Crippen molar-refractivity contribution in [1.82, 2.24) is 9.71 Å². The number of amides is 1. The number of hydrogen-bond donors (Lipinski definition) is 3. The first-order valence-corrected chi connectivity index (χ1v) is 10.0. The van der Waals surface area contributed by atoms with E-state index in [1.54, 1.807) is 0 Å². The second-order valence-electron chi connectivity index (χ2n) is 5.56. The summed E-state index contributed by atoms with van der Waals surface area (Å²) < 4.78 is 31.2. The van der Waals surface area contributed by atoms with E-state index in [1.807, 2.05) is 4.72 Å². The monoisotopic (exact) mass is 457 g/mol. The highest BCUT2D eigenvalue weighted by molar-refractivity contribution is 7.89. The Hall–Kier alpha value is -3.29. The lowest BCUT2D eigenvalue weighted by atomic mass is 10.3. The van der Waals surface area contributed by atoms with Gasteiger partial charge in [0.15, 0.2) is 11.8 Å². The number of benzene rings is 1. The molecule has 0 radical (unpaired) electrons. The quantitative estimate of drug-likeness (QED) is 0.216. The number of aromatic nitrogens is 1. The molecule has 0 saturated carbocycles. The minimum absolute atomic E-state index is 0.0447. The van der Waals surface area contributed by atoms with E-state index < -0.39 is 50.6 Å². The predicted molar refractivity (Wildman–Crippen MR) is 107 cm³/mol. The maximum Gasteiger partial charge on any atom is 0.321 e. The fraction of sp³-hybridized carbons (Fsp3) is 0.188. The van der Waals surface area contributed by atoms with Crippen LogP contribution in [0.2, 0.25) is 5.15 Å². The summed E-state index contributed by atoms with van der Waals surface area (Å²) in [5.41, 5.74) is -0.112. The summed E-state index contributed by atoms with van der Waals surface area (Å²) in [7, 11) is -2.79. The summed E-state index contributed by atoms with van der Waals surface area (Å²) in [4.78, 5) is 37.2. The summed E-state index contributed by atoms with van der Waals surface area (Å²) in [6, 6.07) is 6.23. The molecule has 0 atom stereocenters. The summed E-state index contributed by atoms with van der Waals surface area (Å²) in [6.07, 6.45) is 1.42. The number of halogens is 1. The molecule has 0 saturated heterocycles. The second kappa shape index (κ2) is 9.96. The van der Waals surface area contributed by atoms with E-state index in [9.17, 15) is 28.1 Å². The number of nitro benzene ring substituents is 1. The molecule has 1 amide bonds. The average Bonchev–Trinajstić information content (AvgIpc) is 2.72. The summed E-state index contributed by atoms with van der Waals surface area (Å²) in [5, 5.41) is 16.0. The van der Waals surface area contributed by atoms with Gasteiger partial charge in [-0.1, -0.05) is 11.6 Å². The number of rotatable bonds is 9. The highest BCUT2D eigenvalue weighted by Crippen LogP contribution is 2.27. The van der Waals surface area contributed by atoms with Gasteiger partial charge in [0.05, 0.1) is 15.5 Å². The molecule has 12 nitrogen and oxygen atoms in total. The smallest absolute Gasteiger partial charge is 0.321 e. The van der Waals surface area contributed by atoms with Gasteiger partial charge in [-0.2, -0.15) is 4.72 Å². The molecule has 0 aliphatic carbocycles. The van der Waals surface area contributed by atoms with E-state index in [4.69, 9.17) is 11.6 Å². The Morgan fingerprint density at radius 2 is 2.00 bits per heavy atom. The molecular weight excluding hydrogens is 442 g/mol. The number of esters is 1. The first-order chi connectivity index (χ1) is 14.1. The predicted octanol–water partition coefficient (Wildman–Crippen LogP) is 1.15. The topological polar surface area (TPSA) is 170 Å². The normalized spacial score (nSPS) is 10.9. The molecule has 2 aromatic rings. The number of pyridine rings is 1. The zero-order valence-corrected chi connectivity index (χ0v) is 17.0. The third-order valence-corrected chi connectivity index (χ3v) is 5.25. The summed E-state index contributed by atoms with van der Waals surface area (Å²) in [5.74, 6) is -1.74. The zero-order valence-electron chi connectivity index (χ0n) is 15.4. The number of sulfonamides is 1. The molecule has 0 aliphatic heterocycles. The molecule has 1 heterocycles. The van der Waals surface area contributed by atoms with Crippen LogP contribution in [0.3, 0.4) is 0 Å². The van der Waals surface area contributed by atoms with Crippen molar-refractivity contribution in [2.75, 3.05) is 30.8 Å². The van der Waals surface area contributed by atoms with Crippen molar-refractivity contribution in [2.24, 2.45) is 0 Å². The van der Waals surface area contributed by atoms with Crippen LogP contribution in [0.1, 0.15) is 0 Å². The summed E-state index contributed by atoms with van der Waals surface area (Å²) in [6.45, 7) is -1.47. The number of ether oxygens (including phenoxy) is 1. The van der Waals surface area contributed by atoms with Gasteiger partial charge < -0.3 is 15.4 Å². The molecule has 0 fully saturated rings. The average molecular weight is 458 g/mol. The van der Waals surface area contributed by atoms with E-state index in [1.165, 1.54) is 31.4 Å². The number of anilines is 2. The van der Waals surface area contributed by atoms with Gasteiger partial charge in [-0.3, -0.25) is 19.7 Å². The molecule has 0 aliphatic rings. The first kappa shape index (κ1) is 23.0. The van der Waals surface area contributed by atoms with Crippen molar-refractivity contribution in [3.8, 4) is 0 Å². The van der Waals surface area contributed by atoms with Crippen molar-refractivity contribution in [3.05, 3.63) is 51.8 Å². The first-order valence-electron chi connectivity index (χ1n) is 8.16. The van der Waals surface area contributed by atoms with Gasteiger partial charge in [0.1, 0.15) is 12.2 Å². The Labute approximate surface area is 175 Å². The van der Waals surface area contributed by atoms with Crippen LogP contribution >= 0.6 is 11.6 Å². The van der Waals surface area contributed by atoms with Gasteiger partial charge in [-0.05, 0) is 24.3 Å². The van der Waals surface area contributed by atoms with E-state index >= 15 is 0 Å². The number of carbonyl (C=O) groups is 2. The standard InChI is InChI=1S/C16H16ClN5O7S/c1-18-11-5-4-10(7-13(11)22(25)26)30(27,28)20-8-15(24)29-9-14(23)21-12-3-2-6-19-16(12)17/h2-7,18,20H,8-9H2,1H3,(H,21,23). The number of nitrogens with zero attached hydrogens (tertiary/aromatic N) is 2. The van der Waals surface area contributed by atoms with Gasteiger partial charge in [-0.25, -0.2) is 13.4 Å². The summed E-state index contributed by atoms with van der Waals surface area (Å²) >= 11 is 5.78. The van der Waals surface area contributed by atoms with Gasteiger partial charge >= 0.3 is 5.97 Å². The largest absolute Gasteiger partial charge is 0.455 e. The number of nitro groups is 1. The second-order valence-corrected chi connectivity index (χ2v) is 7.69. The highest BCUT2D eigenvalue weighted by Gasteiger charge is 2.22. The maximum atomic E-state index is 12.3. The van der Waals surface area contributed by atoms with Crippen molar-refractivity contribution in [2.45, 2.75) is 4.90 Å². The van der Waals surface area contributed by atoms with Crippen molar-refractivity contribution in [3.63, 3.8) is 0 Å². The molecule has 2 rings (SSSR count). The van der Waals surface area contributed by atoms with Crippen molar-refractivity contribution < 1.29 is 27.7 Å². The van der Waals surface area contributed by atoms with Crippen LogP contribution in [0.5, 0.6) is 0 Å². The molecule has 160 valence electrons. The SMILES string of the molecule is CNc1ccc(S(=O)(=O)NCC(=O)OCC(=O)Nc2cccnc2Cl)cc1[N+](=O)[O-]. The zero-order chi connectivity index (χ0) is 22.3. The lowest BCUT2D eigenvalue weighted by molar-refractivity contribution is -0.384. The number of carbonyl (C=O) groups excluding carboxylic acids is 2. The molecule has 30 heavy (non-hydrogen) atoms. The molecule has 0 bridgehead atoms. The Balaban J connectivity index is 1.92. The van der Waals surface area contributed by atoms with E-state index in [0.29, 0.717) is 0 Å².